The van der Waals surface area contributed by atoms with Crippen molar-refractivity contribution in [3.05, 3.63) is 0 Å². The summed E-state index contributed by atoms with van der Waals surface area (Å²) >= 11 is 0. The molecule has 0 aliphatic carbocycles. The van der Waals surface area contributed by atoms with Crippen molar-refractivity contribution in [2.24, 2.45) is 28.7 Å². The highest BCUT2D eigenvalue weighted by Crippen LogP contribution is 1.96. The van der Waals surface area contributed by atoms with E-state index in [1.165, 1.54) is 0 Å². The van der Waals surface area contributed by atoms with Crippen molar-refractivity contribution >= 4 is 23.9 Å². The monoisotopic (exact) mass is 371 g/mol. The van der Waals surface area contributed by atoms with Crippen LogP contribution in [0.3, 0.4) is 0 Å². The van der Waals surface area contributed by atoms with E-state index in [0.717, 1.165) is 12.8 Å². The number of carbonyl (C=O) groups is 4. The van der Waals surface area contributed by atoms with Crippen molar-refractivity contribution < 1.29 is 39.6 Å². The van der Waals surface area contributed by atoms with Crippen LogP contribution < -0.4 is 28.7 Å². The molecule has 0 unspecified atom stereocenters. The molecule has 0 rings (SSSR count). The maximum Gasteiger partial charge on any atom is 0.320 e. The van der Waals surface area contributed by atoms with Crippen LogP contribution in [-0.2, 0) is 19.2 Å². The third-order valence-corrected chi connectivity index (χ3v) is 1.81. The summed E-state index contributed by atoms with van der Waals surface area (Å²) in [4.78, 5) is 37.9. The van der Waals surface area contributed by atoms with Crippen LogP contribution in [-0.4, -0.2) is 76.5 Å². The molecule has 1 atom stereocenters. The summed E-state index contributed by atoms with van der Waals surface area (Å²) in [5, 5.41) is 31.1. The molecular formula is C12H29N5O8. The van der Waals surface area contributed by atoms with Gasteiger partial charge in [0.15, 0.2) is 0 Å². The van der Waals surface area contributed by atoms with Crippen LogP contribution in [0.1, 0.15) is 19.3 Å². The molecule has 0 heterocycles. The van der Waals surface area contributed by atoms with Gasteiger partial charge in [0, 0.05) is 0 Å². The van der Waals surface area contributed by atoms with Crippen LogP contribution in [0.25, 0.3) is 0 Å². The maximum atomic E-state index is 10.1. The number of nitrogens with two attached hydrogens (primary N) is 5. The maximum absolute atomic E-state index is 10.1. The topological polar surface area (TPSA) is 279 Å². The Balaban J connectivity index is -0.000000126. The molecule has 14 N–H and O–H groups in total. The van der Waals surface area contributed by atoms with E-state index in [2.05, 4.69) is 17.2 Å². The van der Waals surface area contributed by atoms with Gasteiger partial charge in [0.2, 0.25) is 0 Å². The van der Waals surface area contributed by atoms with Gasteiger partial charge in [-0.05, 0) is 19.4 Å². The summed E-state index contributed by atoms with van der Waals surface area (Å²) in [6, 6.07) is -0.716. The van der Waals surface area contributed by atoms with Gasteiger partial charge in [0.25, 0.3) is 0 Å². The zero-order valence-corrected chi connectivity index (χ0v) is 13.8. The lowest BCUT2D eigenvalue weighted by atomic mass is 10.1. The van der Waals surface area contributed by atoms with E-state index in [1.54, 1.807) is 0 Å². The molecule has 13 heteroatoms. The molecule has 0 radical (unpaired) electrons. The van der Waals surface area contributed by atoms with Gasteiger partial charge in [-0.1, -0.05) is 6.42 Å². The molecule has 0 aliphatic rings. The molecule has 0 aliphatic heterocycles. The van der Waals surface area contributed by atoms with E-state index < -0.39 is 29.9 Å². The molecule has 25 heavy (non-hydrogen) atoms. The van der Waals surface area contributed by atoms with Crippen LogP contribution in [0.4, 0.5) is 0 Å². The molecule has 0 bridgehead atoms. The first-order valence-corrected chi connectivity index (χ1v) is 6.93. The average Bonchev–Trinajstić information content (AvgIpc) is 2.56. The van der Waals surface area contributed by atoms with Gasteiger partial charge in [-0.3, -0.25) is 19.2 Å². The molecule has 150 valence electrons. The normalized spacial score (nSPS) is 9.64. The van der Waals surface area contributed by atoms with E-state index in [0.29, 0.717) is 13.0 Å². The zero-order chi connectivity index (χ0) is 20.8. The summed E-state index contributed by atoms with van der Waals surface area (Å²) in [6.07, 6.45) is 2.16. The summed E-state index contributed by atoms with van der Waals surface area (Å²) in [7, 11) is 0. The Labute approximate surface area is 144 Å². The average molecular weight is 371 g/mol. The van der Waals surface area contributed by atoms with Gasteiger partial charge in [-0.15, -0.1) is 0 Å². The minimum Gasteiger partial charge on any atom is -0.480 e. The second kappa shape index (κ2) is 23.9. The molecule has 0 amide bonds. The molecule has 0 spiro atoms. The third-order valence-electron chi connectivity index (χ3n) is 1.81. The molecule has 0 aromatic heterocycles. The Kier molecular flexibility index (Phi) is 29.3. The first-order chi connectivity index (χ1) is 11.5. The molecule has 0 aromatic carbocycles. The number of carboxylic acid groups (broad SMARTS) is 4. The number of aliphatic carboxylic acids is 4. The quantitative estimate of drug-likeness (QED) is 0.188. The summed E-state index contributed by atoms with van der Waals surface area (Å²) in [5.74, 6) is -3.84. The Morgan fingerprint density at radius 3 is 1.12 bits per heavy atom. The number of rotatable bonds is 8. The van der Waals surface area contributed by atoms with Gasteiger partial charge < -0.3 is 49.1 Å². The van der Waals surface area contributed by atoms with E-state index in [-0.39, 0.29) is 19.6 Å². The number of hydrogen-bond acceptors (Lipinski definition) is 9. The summed E-state index contributed by atoms with van der Waals surface area (Å²) < 4.78 is 0. The third kappa shape index (κ3) is 52.2. The summed E-state index contributed by atoms with van der Waals surface area (Å²) in [6.45, 7) is -0.230. The van der Waals surface area contributed by atoms with Crippen LogP contribution in [0.2, 0.25) is 0 Å². The fourth-order valence-electron chi connectivity index (χ4n) is 0.632. The van der Waals surface area contributed by atoms with Gasteiger partial charge in [-0.25, -0.2) is 0 Å². The fourth-order valence-corrected chi connectivity index (χ4v) is 0.632. The highest BCUT2D eigenvalue weighted by molar-refractivity contribution is 5.72. The van der Waals surface area contributed by atoms with Crippen molar-refractivity contribution in [2.45, 2.75) is 25.3 Å². The van der Waals surface area contributed by atoms with Crippen molar-refractivity contribution in [1.82, 2.24) is 0 Å². The highest BCUT2D eigenvalue weighted by Gasteiger charge is 2.09. The van der Waals surface area contributed by atoms with Crippen LogP contribution >= 0.6 is 0 Å². The Morgan fingerprint density at radius 1 is 0.680 bits per heavy atom. The standard InChI is InChI=1S/C6H14N2O2.3C2H5NO2/c7-4-2-1-3-5(8)6(9)10;3*3-1-2(4)5/h5H,1-4,7-8H2,(H,9,10);3*1,3H2,(H,4,5)/t5-;;;/m0.../s1. The van der Waals surface area contributed by atoms with Crippen molar-refractivity contribution in [2.75, 3.05) is 26.2 Å². The number of unbranched alkanes of at least 4 members (excludes halogenated alkanes) is 1. The van der Waals surface area contributed by atoms with Gasteiger partial charge >= 0.3 is 23.9 Å². The smallest absolute Gasteiger partial charge is 0.320 e. The van der Waals surface area contributed by atoms with Crippen molar-refractivity contribution in [3.63, 3.8) is 0 Å². The van der Waals surface area contributed by atoms with Crippen molar-refractivity contribution in [3.8, 4) is 0 Å². The Hall–Kier alpha value is -2.32. The second-order valence-corrected chi connectivity index (χ2v) is 4.02. The van der Waals surface area contributed by atoms with Gasteiger partial charge in [0.05, 0.1) is 19.6 Å². The van der Waals surface area contributed by atoms with Gasteiger partial charge in [-0.2, -0.15) is 0 Å². The Bertz CT molecular complexity index is 334. The largest absolute Gasteiger partial charge is 0.480 e. The highest BCUT2D eigenvalue weighted by atomic mass is 16.4. The van der Waals surface area contributed by atoms with Crippen LogP contribution in [0.15, 0.2) is 0 Å². The van der Waals surface area contributed by atoms with E-state index in [1.807, 2.05) is 0 Å². The van der Waals surface area contributed by atoms with Crippen LogP contribution in [0.5, 0.6) is 0 Å². The minimum absolute atomic E-state index is 0.278. The zero-order valence-electron chi connectivity index (χ0n) is 13.8. The predicted molar refractivity (Wildman–Crippen MR) is 88.6 cm³/mol. The van der Waals surface area contributed by atoms with Gasteiger partial charge in [0.1, 0.15) is 6.04 Å². The first kappa shape index (κ1) is 30.5. The minimum atomic E-state index is -0.968. The van der Waals surface area contributed by atoms with Crippen LogP contribution in [0, 0.1) is 0 Å². The molecule has 13 nitrogen and oxygen atoms in total. The number of carboxylic acids is 4. The molecular weight excluding hydrogens is 342 g/mol. The predicted octanol–water partition coefficient (Wildman–Crippen LogP) is -3.38. The fraction of sp³-hybridized carbons (Fsp3) is 0.667. The van der Waals surface area contributed by atoms with E-state index in [4.69, 9.17) is 31.9 Å². The molecule has 0 aromatic rings. The van der Waals surface area contributed by atoms with E-state index >= 15 is 0 Å². The first-order valence-electron chi connectivity index (χ1n) is 6.93. The lowest BCUT2D eigenvalue weighted by Gasteiger charge is -2.03. The van der Waals surface area contributed by atoms with E-state index in [9.17, 15) is 19.2 Å². The molecule has 0 saturated heterocycles. The molecule has 0 saturated carbocycles. The molecule has 0 fully saturated rings. The van der Waals surface area contributed by atoms with Crippen molar-refractivity contribution in [1.29, 1.82) is 0 Å². The second-order valence-electron chi connectivity index (χ2n) is 4.02. The lowest BCUT2D eigenvalue weighted by molar-refractivity contribution is -0.139. The lowest BCUT2D eigenvalue weighted by Crippen LogP contribution is -2.29. The number of hydrogen-bond donors (Lipinski definition) is 9. The SMILES string of the molecule is NCC(=O)O.NCC(=O)O.NCC(=O)O.NCCCC[C@H](N)C(=O)O. The summed E-state index contributed by atoms with van der Waals surface area (Å²) in [5.41, 5.74) is 24.1. The Morgan fingerprint density at radius 2 is 0.960 bits per heavy atom.